The van der Waals surface area contributed by atoms with E-state index in [4.69, 9.17) is 4.74 Å². The molecule has 2 unspecified atom stereocenters. The largest absolute Gasteiger partial charge is 1.00 e. The number of nitrogens with one attached hydrogen (secondary N) is 1. The van der Waals surface area contributed by atoms with E-state index in [1.165, 1.54) is 45.3 Å². The van der Waals surface area contributed by atoms with Crippen LogP contribution in [0.5, 0.6) is 0 Å². The molecule has 0 saturated carbocycles. The maximum atomic E-state index is 5.87. The van der Waals surface area contributed by atoms with E-state index in [1.54, 1.807) is 4.90 Å². The molecule has 2 atom stereocenters. The van der Waals surface area contributed by atoms with Crippen LogP contribution in [0.25, 0.3) is 0 Å². The van der Waals surface area contributed by atoms with Gasteiger partial charge in [0.1, 0.15) is 13.1 Å². The topological polar surface area (TPSA) is 41.3 Å². The smallest absolute Gasteiger partial charge is 0.127 e. The van der Waals surface area contributed by atoms with E-state index in [1.807, 2.05) is 0 Å². The highest BCUT2D eigenvalue weighted by atomic mass is 35.5. The predicted molar refractivity (Wildman–Crippen MR) is 64.3 cm³/mol. The minimum absolute atomic E-state index is 0. The van der Waals surface area contributed by atoms with Crippen LogP contribution in [0.15, 0.2) is 0 Å². The third-order valence-electron chi connectivity index (χ3n) is 4.32. The first-order chi connectivity index (χ1) is 7.55. The van der Waals surface area contributed by atoms with Gasteiger partial charge < -0.3 is 40.2 Å². The molecule has 2 saturated heterocycles. The Bertz CT molecular complexity index is 245. The summed E-state index contributed by atoms with van der Waals surface area (Å²) in [6.07, 6.45) is 5.34. The Morgan fingerprint density at radius 2 is 1.94 bits per heavy atom. The van der Waals surface area contributed by atoms with Crippen molar-refractivity contribution in [2.24, 2.45) is 5.41 Å². The number of quaternary nitrogens is 2. The Hall–Kier alpha value is 0.460. The van der Waals surface area contributed by atoms with Crippen LogP contribution in [0.4, 0.5) is 0 Å². The molecule has 0 amide bonds. The van der Waals surface area contributed by atoms with Crippen molar-refractivity contribution in [3.8, 4) is 0 Å². The van der Waals surface area contributed by atoms with E-state index in [2.05, 4.69) is 19.6 Å². The van der Waals surface area contributed by atoms with E-state index >= 15 is 0 Å². The van der Waals surface area contributed by atoms with E-state index in [-0.39, 0.29) is 30.4 Å². The van der Waals surface area contributed by atoms with Gasteiger partial charge in [0.05, 0.1) is 18.7 Å². The van der Waals surface area contributed by atoms with Gasteiger partial charge in [0.2, 0.25) is 0 Å². The summed E-state index contributed by atoms with van der Waals surface area (Å²) in [4.78, 5) is 1.78. The van der Waals surface area contributed by atoms with Crippen LogP contribution in [0.2, 0.25) is 0 Å². The first-order valence-electron chi connectivity index (χ1n) is 6.82. The van der Waals surface area contributed by atoms with Gasteiger partial charge in [-0.1, -0.05) is 0 Å². The van der Waals surface area contributed by atoms with Crippen molar-refractivity contribution in [1.82, 2.24) is 0 Å². The standard InChI is InChI=1S/C13H26N2O.2ClH/c1-12(2)10-13(5-9-16-12)4-3-7-15(11-13)8-6-14;;/h3-11,14H2,1-2H3;2*1H. The lowest BCUT2D eigenvalue weighted by atomic mass is 9.69. The molecular formula is C13H28Cl2N2O. The summed E-state index contributed by atoms with van der Waals surface area (Å²) in [5.74, 6) is 0. The SMILES string of the molecule is CC1(C)CC2(CCC[NH+](CC[NH3+])C2)CCO1.[Cl-].[Cl-]. The summed E-state index contributed by atoms with van der Waals surface area (Å²) in [7, 11) is 0. The molecule has 0 aromatic rings. The van der Waals surface area contributed by atoms with E-state index in [0.29, 0.717) is 5.41 Å². The maximum Gasteiger partial charge on any atom is 0.127 e. The summed E-state index contributed by atoms with van der Waals surface area (Å²) in [6, 6.07) is 0. The molecule has 0 bridgehead atoms. The molecule has 2 aliphatic rings. The highest BCUT2D eigenvalue weighted by molar-refractivity contribution is 4.91. The number of ether oxygens (including phenoxy) is 1. The van der Waals surface area contributed by atoms with Crippen molar-refractivity contribution in [2.75, 3.05) is 32.8 Å². The molecule has 0 radical (unpaired) electrons. The number of rotatable bonds is 2. The zero-order chi connectivity index (χ0) is 11.6. The summed E-state index contributed by atoms with van der Waals surface area (Å²) >= 11 is 0. The fourth-order valence-electron chi connectivity index (χ4n) is 3.83. The van der Waals surface area contributed by atoms with E-state index in [0.717, 1.165) is 13.2 Å². The summed E-state index contributed by atoms with van der Waals surface area (Å²) in [5.41, 5.74) is 4.67. The first-order valence-corrected chi connectivity index (χ1v) is 6.82. The third kappa shape index (κ3) is 4.53. The molecule has 5 heteroatoms. The summed E-state index contributed by atoms with van der Waals surface area (Å²) < 4.78 is 5.87. The zero-order valence-electron chi connectivity index (χ0n) is 11.7. The molecule has 3 nitrogen and oxygen atoms in total. The van der Waals surface area contributed by atoms with Crippen LogP contribution >= 0.6 is 0 Å². The van der Waals surface area contributed by atoms with E-state index < -0.39 is 0 Å². The highest BCUT2D eigenvalue weighted by Gasteiger charge is 2.45. The van der Waals surface area contributed by atoms with Gasteiger partial charge in [0.25, 0.3) is 0 Å². The fraction of sp³-hybridized carbons (Fsp3) is 1.00. The molecule has 0 aromatic carbocycles. The second-order valence-corrected chi connectivity index (χ2v) is 6.42. The van der Waals surface area contributed by atoms with E-state index in [9.17, 15) is 0 Å². The van der Waals surface area contributed by atoms with Gasteiger partial charge in [0, 0.05) is 12.0 Å². The predicted octanol–water partition coefficient (Wildman–Crippen LogP) is -6.51. The minimum atomic E-state index is 0. The molecule has 1 spiro atoms. The third-order valence-corrected chi connectivity index (χ3v) is 4.32. The average molecular weight is 299 g/mol. The molecule has 2 fully saturated rings. The number of halogens is 2. The van der Waals surface area contributed by atoms with Crippen LogP contribution < -0.4 is 35.4 Å². The van der Waals surface area contributed by atoms with Gasteiger partial charge in [0.15, 0.2) is 0 Å². The van der Waals surface area contributed by atoms with Gasteiger partial charge in [-0.05, 0) is 39.5 Å². The summed E-state index contributed by atoms with van der Waals surface area (Å²) in [6.45, 7) is 10.5. The molecular weight excluding hydrogens is 271 g/mol. The summed E-state index contributed by atoms with van der Waals surface area (Å²) in [5, 5.41) is 0. The average Bonchev–Trinajstić information content (AvgIpc) is 2.16. The van der Waals surface area contributed by atoms with Gasteiger partial charge in [-0.3, -0.25) is 0 Å². The minimum Gasteiger partial charge on any atom is -1.00 e. The molecule has 18 heavy (non-hydrogen) atoms. The Kier molecular flexibility index (Phi) is 7.48. The van der Waals surface area contributed by atoms with Gasteiger partial charge in [-0.25, -0.2) is 0 Å². The lowest BCUT2D eigenvalue weighted by Crippen LogP contribution is -3.15. The van der Waals surface area contributed by atoms with Gasteiger partial charge in [-0.2, -0.15) is 0 Å². The monoisotopic (exact) mass is 298 g/mol. The van der Waals surface area contributed by atoms with Gasteiger partial charge in [-0.15, -0.1) is 0 Å². The lowest BCUT2D eigenvalue weighted by molar-refractivity contribution is -0.918. The fourth-order valence-corrected chi connectivity index (χ4v) is 3.83. The van der Waals surface area contributed by atoms with Crippen molar-refractivity contribution in [1.29, 1.82) is 0 Å². The molecule has 2 rings (SSSR count). The van der Waals surface area contributed by atoms with Crippen molar-refractivity contribution >= 4 is 0 Å². The Balaban J connectivity index is 0.00000144. The Morgan fingerprint density at radius 1 is 1.22 bits per heavy atom. The molecule has 4 N–H and O–H groups in total. The molecule has 0 aliphatic carbocycles. The van der Waals surface area contributed by atoms with Crippen molar-refractivity contribution < 1.29 is 40.2 Å². The normalized spacial score (nSPS) is 34.5. The van der Waals surface area contributed by atoms with Crippen LogP contribution in [-0.4, -0.2) is 38.4 Å². The van der Waals surface area contributed by atoms with Crippen molar-refractivity contribution in [3.63, 3.8) is 0 Å². The number of likely N-dealkylation sites (tertiary alicyclic amines) is 1. The first kappa shape index (κ1) is 18.5. The van der Waals surface area contributed by atoms with Crippen molar-refractivity contribution in [3.05, 3.63) is 0 Å². The van der Waals surface area contributed by atoms with Crippen molar-refractivity contribution in [2.45, 2.75) is 45.1 Å². The second kappa shape index (κ2) is 7.30. The van der Waals surface area contributed by atoms with Crippen LogP contribution in [-0.2, 0) is 4.74 Å². The van der Waals surface area contributed by atoms with Gasteiger partial charge >= 0.3 is 0 Å². The van der Waals surface area contributed by atoms with Crippen LogP contribution in [0.1, 0.15) is 39.5 Å². The second-order valence-electron chi connectivity index (χ2n) is 6.42. The molecule has 2 heterocycles. The van der Waals surface area contributed by atoms with Crippen LogP contribution in [0, 0.1) is 5.41 Å². The molecule has 0 aromatic heterocycles. The number of hydrogen-bond donors (Lipinski definition) is 2. The number of piperidine rings is 1. The highest BCUT2D eigenvalue weighted by Crippen LogP contribution is 2.42. The number of hydrogen-bond acceptors (Lipinski definition) is 1. The Labute approximate surface area is 124 Å². The lowest BCUT2D eigenvalue weighted by Gasteiger charge is -2.47. The molecule has 110 valence electrons. The maximum absolute atomic E-state index is 5.87. The molecule has 2 aliphatic heterocycles. The zero-order valence-corrected chi connectivity index (χ0v) is 13.2. The quantitative estimate of drug-likeness (QED) is 0.523. The Morgan fingerprint density at radius 3 is 2.56 bits per heavy atom. The van der Waals surface area contributed by atoms with Crippen LogP contribution in [0.3, 0.4) is 0 Å².